The van der Waals surface area contributed by atoms with Crippen molar-refractivity contribution >= 4 is 33.0 Å². The molecule has 0 spiro atoms. The van der Waals surface area contributed by atoms with Crippen molar-refractivity contribution < 1.29 is 13.2 Å². The normalized spacial score (nSPS) is 24.6. The second-order valence-electron chi connectivity index (χ2n) is 7.17. The van der Waals surface area contributed by atoms with Crippen molar-refractivity contribution in [1.82, 2.24) is 15.2 Å². The van der Waals surface area contributed by atoms with Gasteiger partial charge >= 0.3 is 0 Å². The molecule has 9 heteroatoms. The smallest absolute Gasteiger partial charge is 0.263 e. The van der Waals surface area contributed by atoms with E-state index in [4.69, 9.17) is 0 Å². The average Bonchev–Trinajstić information content (AvgIpc) is 3.12. The number of nitrogens with one attached hydrogen (secondary N) is 2. The Morgan fingerprint density at radius 3 is 2.67 bits per heavy atom. The van der Waals surface area contributed by atoms with Gasteiger partial charge in [-0.05, 0) is 44.0 Å². The molecule has 1 unspecified atom stereocenters. The van der Waals surface area contributed by atoms with Gasteiger partial charge in [0.05, 0.1) is 18.1 Å². The molecule has 0 saturated carbocycles. The molecule has 5 rings (SSSR count). The summed E-state index contributed by atoms with van der Waals surface area (Å²) < 4.78 is 25.7. The Hall–Kier alpha value is -1.97. The number of anilines is 1. The van der Waals surface area contributed by atoms with Gasteiger partial charge in [0.15, 0.2) is 0 Å². The van der Waals surface area contributed by atoms with Crippen molar-refractivity contribution in [3.63, 3.8) is 0 Å². The summed E-state index contributed by atoms with van der Waals surface area (Å²) in [6.45, 7) is 3.18. The van der Waals surface area contributed by atoms with Crippen LogP contribution in [0.15, 0.2) is 30.5 Å². The summed E-state index contributed by atoms with van der Waals surface area (Å²) in [6.07, 6.45) is 4.96. The minimum Gasteiger partial charge on any atom is -0.347 e. The first-order valence-electron chi connectivity index (χ1n) is 8.95. The average molecular weight is 407 g/mol. The van der Waals surface area contributed by atoms with Crippen LogP contribution in [0.1, 0.15) is 22.5 Å². The highest BCUT2D eigenvalue weighted by molar-refractivity contribution is 7.92. The van der Waals surface area contributed by atoms with Crippen molar-refractivity contribution in [2.24, 2.45) is 5.92 Å². The lowest BCUT2D eigenvalue weighted by molar-refractivity contribution is 0.0622. The minimum atomic E-state index is -3.40. The molecule has 3 fully saturated rings. The van der Waals surface area contributed by atoms with Crippen molar-refractivity contribution in [1.29, 1.82) is 0 Å². The number of amides is 1. The maximum absolute atomic E-state index is 12.7. The fourth-order valence-corrected chi connectivity index (χ4v) is 5.27. The number of carbonyl (C=O) groups is 1. The van der Waals surface area contributed by atoms with Crippen LogP contribution in [0.5, 0.6) is 0 Å². The molecule has 1 aromatic carbocycles. The van der Waals surface area contributed by atoms with E-state index in [1.165, 1.54) is 11.3 Å². The van der Waals surface area contributed by atoms with Gasteiger partial charge < -0.3 is 10.2 Å². The molecule has 3 aliphatic rings. The van der Waals surface area contributed by atoms with E-state index in [9.17, 15) is 13.2 Å². The van der Waals surface area contributed by atoms with Crippen LogP contribution in [-0.4, -0.2) is 56.1 Å². The Balaban J connectivity index is 1.51. The summed E-state index contributed by atoms with van der Waals surface area (Å²) in [5, 5.41) is 3.77. The van der Waals surface area contributed by atoms with Crippen molar-refractivity contribution in [2.45, 2.75) is 18.9 Å². The number of nitrogens with zero attached hydrogens (tertiary/aromatic N) is 2. The summed E-state index contributed by atoms with van der Waals surface area (Å²) in [6, 6.07) is 7.25. The summed E-state index contributed by atoms with van der Waals surface area (Å²) >= 11 is 1.27. The third-order valence-corrected chi connectivity index (χ3v) is 6.78. The van der Waals surface area contributed by atoms with Gasteiger partial charge in [-0.15, -0.1) is 11.3 Å². The van der Waals surface area contributed by atoms with Gasteiger partial charge in [0.2, 0.25) is 10.0 Å². The molecule has 1 amide bonds. The molecule has 27 heavy (non-hydrogen) atoms. The molecule has 1 atom stereocenters. The summed E-state index contributed by atoms with van der Waals surface area (Å²) in [5.74, 6) is 0.456. The number of carbonyl (C=O) groups excluding carboxylic acids is 1. The molecular formula is C18H22N4O3S2. The quantitative estimate of drug-likeness (QED) is 0.793. The van der Waals surface area contributed by atoms with Gasteiger partial charge in [-0.2, -0.15) is 0 Å². The highest BCUT2D eigenvalue weighted by atomic mass is 32.2. The van der Waals surface area contributed by atoms with Crippen LogP contribution in [0.25, 0.3) is 10.6 Å². The molecule has 3 aliphatic heterocycles. The summed E-state index contributed by atoms with van der Waals surface area (Å²) in [4.78, 5) is 20.0. The van der Waals surface area contributed by atoms with Gasteiger partial charge in [0.25, 0.3) is 5.91 Å². The van der Waals surface area contributed by atoms with Crippen molar-refractivity contribution in [3.8, 4) is 10.6 Å². The number of rotatable bonds is 5. The summed E-state index contributed by atoms with van der Waals surface area (Å²) in [7, 11) is -3.40. The van der Waals surface area contributed by atoms with E-state index in [0.717, 1.165) is 38.7 Å². The monoisotopic (exact) mass is 406 g/mol. The number of fused-ring (bicyclic) bond motifs is 3. The number of piperidine rings is 3. The van der Waals surface area contributed by atoms with Gasteiger partial charge in [-0.1, -0.05) is 12.1 Å². The second kappa shape index (κ2) is 7.21. The fraction of sp³-hybridized carbons (Fsp3) is 0.444. The van der Waals surface area contributed by atoms with Crippen LogP contribution >= 0.6 is 11.3 Å². The first-order valence-corrected chi connectivity index (χ1v) is 11.7. The van der Waals surface area contributed by atoms with E-state index >= 15 is 0 Å². The predicted octanol–water partition coefficient (Wildman–Crippen LogP) is 2.01. The van der Waals surface area contributed by atoms with Gasteiger partial charge in [-0.3, -0.25) is 9.52 Å². The zero-order valence-corrected chi connectivity index (χ0v) is 16.6. The lowest BCUT2D eigenvalue weighted by atomic mass is 9.84. The lowest BCUT2D eigenvalue weighted by Crippen LogP contribution is -2.57. The Kier molecular flexibility index (Phi) is 4.92. The maximum Gasteiger partial charge on any atom is 0.263 e. The molecule has 4 heterocycles. The third-order valence-electron chi connectivity index (χ3n) is 5.15. The lowest BCUT2D eigenvalue weighted by Gasteiger charge is -2.44. The number of aromatic nitrogens is 1. The molecule has 2 bridgehead atoms. The van der Waals surface area contributed by atoms with Crippen LogP contribution in [-0.2, 0) is 10.0 Å². The molecule has 3 saturated heterocycles. The standard InChI is InChI=1S/C18H22N4O3S2/c1-27(24,25)21-14-5-3-2-4-13(14)18-19-10-16(26-18)17(23)20-15-11-22-8-6-12(15)7-9-22/h2-5,10,12,15,21H,6-9,11H2,1H3,(H,20,23). The van der Waals surface area contributed by atoms with Crippen LogP contribution in [0, 0.1) is 5.92 Å². The van der Waals surface area contributed by atoms with E-state index < -0.39 is 10.0 Å². The Morgan fingerprint density at radius 1 is 1.26 bits per heavy atom. The first-order chi connectivity index (χ1) is 12.9. The molecule has 144 valence electrons. The number of sulfonamides is 1. The molecule has 0 radical (unpaired) electrons. The molecule has 2 N–H and O–H groups in total. The largest absolute Gasteiger partial charge is 0.347 e. The van der Waals surface area contributed by atoms with Crippen molar-refractivity contribution in [3.05, 3.63) is 35.3 Å². The highest BCUT2D eigenvalue weighted by Gasteiger charge is 2.35. The van der Waals surface area contributed by atoms with Crippen LogP contribution in [0.4, 0.5) is 5.69 Å². The van der Waals surface area contributed by atoms with E-state index in [1.54, 1.807) is 24.4 Å². The van der Waals surface area contributed by atoms with Crippen molar-refractivity contribution in [2.75, 3.05) is 30.6 Å². The zero-order valence-electron chi connectivity index (χ0n) is 15.0. The molecule has 2 aromatic rings. The highest BCUT2D eigenvalue weighted by Crippen LogP contribution is 2.32. The van der Waals surface area contributed by atoms with Crippen LogP contribution in [0.3, 0.4) is 0 Å². The number of hydrogen-bond donors (Lipinski definition) is 2. The van der Waals surface area contributed by atoms with E-state index in [-0.39, 0.29) is 11.9 Å². The number of hydrogen-bond acceptors (Lipinski definition) is 6. The number of benzene rings is 1. The molecule has 1 aromatic heterocycles. The fourth-order valence-electron chi connectivity index (χ4n) is 3.83. The topological polar surface area (TPSA) is 91.4 Å². The first kappa shape index (κ1) is 18.4. The molecular weight excluding hydrogens is 384 g/mol. The Labute approximate surface area is 162 Å². The maximum atomic E-state index is 12.7. The molecule has 0 aliphatic carbocycles. The zero-order chi connectivity index (χ0) is 19.0. The Bertz CT molecular complexity index is 949. The van der Waals surface area contributed by atoms with Crippen LogP contribution in [0.2, 0.25) is 0 Å². The minimum absolute atomic E-state index is 0.106. The molecule has 7 nitrogen and oxygen atoms in total. The third kappa shape index (κ3) is 4.15. The Morgan fingerprint density at radius 2 is 2.00 bits per heavy atom. The van der Waals surface area contributed by atoms with E-state index in [1.807, 2.05) is 6.07 Å². The predicted molar refractivity (Wildman–Crippen MR) is 106 cm³/mol. The number of para-hydroxylation sites is 1. The van der Waals surface area contributed by atoms with Gasteiger partial charge in [-0.25, -0.2) is 13.4 Å². The van der Waals surface area contributed by atoms with Gasteiger partial charge in [0.1, 0.15) is 9.88 Å². The number of thiazole rings is 1. The van der Waals surface area contributed by atoms with Gasteiger partial charge in [0, 0.05) is 18.2 Å². The van der Waals surface area contributed by atoms with Crippen LogP contribution < -0.4 is 10.0 Å². The summed E-state index contributed by atoms with van der Waals surface area (Å²) in [5.41, 5.74) is 1.12. The van der Waals surface area contributed by atoms with E-state index in [0.29, 0.717) is 27.1 Å². The SMILES string of the molecule is CS(=O)(=O)Nc1ccccc1-c1ncc(C(=O)NC2CN3CCC2CC3)s1. The van der Waals surface area contributed by atoms with E-state index in [2.05, 4.69) is 19.9 Å². The second-order valence-corrected chi connectivity index (χ2v) is 9.95.